The van der Waals surface area contributed by atoms with E-state index in [2.05, 4.69) is 0 Å². The molecule has 34 heavy (non-hydrogen) atoms. The van der Waals surface area contributed by atoms with E-state index >= 15 is 0 Å². The topological polar surface area (TPSA) is 59.1 Å². The third kappa shape index (κ3) is 6.04. The first-order valence-electron chi connectivity index (χ1n) is 11.7. The SMILES string of the molecule is Cc1cc(OC[C@@]2(CC(=O)N3CCCCC3)CN(C(=O)c3ccc(Cl)cc3)CCO2)ccc1Cl. The highest BCUT2D eigenvalue weighted by Gasteiger charge is 2.42. The van der Waals surface area contributed by atoms with E-state index < -0.39 is 5.60 Å². The van der Waals surface area contributed by atoms with E-state index in [4.69, 9.17) is 32.7 Å². The number of morpholine rings is 1. The Labute approximate surface area is 210 Å². The van der Waals surface area contributed by atoms with Crippen LogP contribution in [0, 0.1) is 6.92 Å². The smallest absolute Gasteiger partial charge is 0.254 e. The summed E-state index contributed by atoms with van der Waals surface area (Å²) in [6, 6.07) is 12.3. The van der Waals surface area contributed by atoms with E-state index in [0.717, 1.165) is 37.9 Å². The molecule has 0 radical (unpaired) electrons. The maximum atomic E-state index is 13.2. The molecule has 2 saturated heterocycles. The van der Waals surface area contributed by atoms with Gasteiger partial charge < -0.3 is 19.3 Å². The summed E-state index contributed by atoms with van der Waals surface area (Å²) in [5.74, 6) is 0.574. The molecule has 2 heterocycles. The molecule has 0 spiro atoms. The number of likely N-dealkylation sites (tertiary alicyclic amines) is 1. The van der Waals surface area contributed by atoms with Crippen molar-refractivity contribution in [1.29, 1.82) is 0 Å². The van der Waals surface area contributed by atoms with Crippen LogP contribution in [0.4, 0.5) is 0 Å². The number of benzene rings is 2. The van der Waals surface area contributed by atoms with Gasteiger partial charge in [-0.3, -0.25) is 9.59 Å². The summed E-state index contributed by atoms with van der Waals surface area (Å²) in [5, 5.41) is 1.24. The van der Waals surface area contributed by atoms with E-state index in [1.54, 1.807) is 41.3 Å². The van der Waals surface area contributed by atoms with Gasteiger partial charge in [0.15, 0.2) is 0 Å². The number of carbonyl (C=O) groups is 2. The van der Waals surface area contributed by atoms with Crippen LogP contribution in [0.1, 0.15) is 41.6 Å². The summed E-state index contributed by atoms with van der Waals surface area (Å²) in [5.41, 5.74) is 0.515. The van der Waals surface area contributed by atoms with Crippen molar-refractivity contribution < 1.29 is 19.1 Å². The maximum Gasteiger partial charge on any atom is 0.254 e. The Hall–Kier alpha value is -2.28. The second kappa shape index (κ2) is 11.0. The fourth-order valence-corrected chi connectivity index (χ4v) is 4.73. The molecule has 2 aliphatic heterocycles. The van der Waals surface area contributed by atoms with Crippen LogP contribution in [0.15, 0.2) is 42.5 Å². The Morgan fingerprint density at radius 1 is 1.00 bits per heavy atom. The fourth-order valence-electron chi connectivity index (χ4n) is 4.49. The minimum Gasteiger partial charge on any atom is -0.490 e. The number of piperidine rings is 1. The first-order valence-corrected chi connectivity index (χ1v) is 12.5. The molecule has 4 rings (SSSR count). The molecule has 0 saturated carbocycles. The maximum absolute atomic E-state index is 13.2. The number of halogens is 2. The van der Waals surface area contributed by atoms with Crippen LogP contribution in [0.2, 0.25) is 10.0 Å². The molecule has 2 fully saturated rings. The van der Waals surface area contributed by atoms with E-state index in [0.29, 0.717) is 34.5 Å². The van der Waals surface area contributed by atoms with Crippen molar-refractivity contribution in [2.45, 2.75) is 38.2 Å². The van der Waals surface area contributed by atoms with Gasteiger partial charge in [-0.2, -0.15) is 0 Å². The largest absolute Gasteiger partial charge is 0.490 e. The van der Waals surface area contributed by atoms with Gasteiger partial charge in [-0.1, -0.05) is 23.2 Å². The number of amides is 2. The monoisotopic (exact) mass is 504 g/mol. The van der Waals surface area contributed by atoms with Gasteiger partial charge in [0.05, 0.1) is 19.6 Å². The van der Waals surface area contributed by atoms with Crippen molar-refractivity contribution in [3.8, 4) is 5.75 Å². The van der Waals surface area contributed by atoms with Gasteiger partial charge in [-0.05, 0) is 74.2 Å². The number of rotatable bonds is 6. The quantitative estimate of drug-likeness (QED) is 0.555. The van der Waals surface area contributed by atoms with Gasteiger partial charge >= 0.3 is 0 Å². The molecule has 0 N–H and O–H groups in total. The Morgan fingerprint density at radius 3 is 2.44 bits per heavy atom. The lowest BCUT2D eigenvalue weighted by Crippen LogP contribution is -2.58. The number of ether oxygens (including phenoxy) is 2. The van der Waals surface area contributed by atoms with E-state index in [1.807, 2.05) is 17.9 Å². The Bertz CT molecular complexity index is 1020. The summed E-state index contributed by atoms with van der Waals surface area (Å²) >= 11 is 12.1. The zero-order valence-electron chi connectivity index (χ0n) is 19.4. The van der Waals surface area contributed by atoms with Crippen LogP contribution >= 0.6 is 23.2 Å². The molecule has 0 aliphatic carbocycles. The molecule has 0 bridgehead atoms. The van der Waals surface area contributed by atoms with Crippen LogP contribution in [0.25, 0.3) is 0 Å². The second-order valence-electron chi connectivity index (χ2n) is 9.08. The number of nitrogens with zero attached hydrogens (tertiary/aromatic N) is 2. The number of carbonyl (C=O) groups excluding carboxylic acids is 2. The van der Waals surface area contributed by atoms with Gasteiger partial charge in [0.2, 0.25) is 5.91 Å². The van der Waals surface area contributed by atoms with E-state index in [9.17, 15) is 9.59 Å². The highest BCUT2D eigenvalue weighted by Crippen LogP contribution is 2.28. The summed E-state index contributed by atoms with van der Waals surface area (Å²) in [6.07, 6.45) is 3.33. The second-order valence-corrected chi connectivity index (χ2v) is 9.93. The van der Waals surface area contributed by atoms with E-state index in [1.165, 1.54) is 0 Å². The summed E-state index contributed by atoms with van der Waals surface area (Å²) in [4.78, 5) is 30.1. The lowest BCUT2D eigenvalue weighted by Gasteiger charge is -2.43. The minimum atomic E-state index is -0.942. The average Bonchev–Trinajstić information content (AvgIpc) is 2.85. The van der Waals surface area contributed by atoms with Crippen molar-refractivity contribution in [2.24, 2.45) is 0 Å². The zero-order chi connectivity index (χ0) is 24.1. The van der Waals surface area contributed by atoms with Crippen LogP contribution in [0.3, 0.4) is 0 Å². The first kappa shape index (κ1) is 24.8. The van der Waals surface area contributed by atoms with Crippen molar-refractivity contribution in [2.75, 3.05) is 39.4 Å². The van der Waals surface area contributed by atoms with Crippen LogP contribution in [0.5, 0.6) is 5.75 Å². The predicted octanol–water partition coefficient (Wildman–Crippen LogP) is 4.99. The summed E-state index contributed by atoms with van der Waals surface area (Å²) < 4.78 is 12.3. The van der Waals surface area contributed by atoms with Gasteiger partial charge in [-0.25, -0.2) is 0 Å². The molecule has 2 aromatic rings. The highest BCUT2D eigenvalue weighted by molar-refractivity contribution is 6.31. The van der Waals surface area contributed by atoms with Crippen molar-refractivity contribution in [3.63, 3.8) is 0 Å². The Morgan fingerprint density at radius 2 is 1.74 bits per heavy atom. The molecular weight excluding hydrogens is 475 g/mol. The van der Waals surface area contributed by atoms with Crippen LogP contribution < -0.4 is 4.74 Å². The highest BCUT2D eigenvalue weighted by atomic mass is 35.5. The van der Waals surface area contributed by atoms with Gasteiger partial charge in [0.1, 0.15) is 18.0 Å². The lowest BCUT2D eigenvalue weighted by atomic mass is 9.95. The van der Waals surface area contributed by atoms with Gasteiger partial charge in [-0.15, -0.1) is 0 Å². The molecule has 2 amide bonds. The van der Waals surface area contributed by atoms with Crippen molar-refractivity contribution in [3.05, 3.63) is 63.6 Å². The predicted molar refractivity (Wildman–Crippen MR) is 133 cm³/mol. The van der Waals surface area contributed by atoms with Gasteiger partial charge in [0.25, 0.3) is 5.91 Å². The lowest BCUT2D eigenvalue weighted by molar-refractivity contribution is -0.153. The number of hydrogen-bond donors (Lipinski definition) is 0. The zero-order valence-corrected chi connectivity index (χ0v) is 20.9. The number of hydrogen-bond acceptors (Lipinski definition) is 4. The standard InChI is InChI=1S/C26H30Cl2N2O4/c1-19-15-22(9-10-23(19)28)33-18-26(16-24(31)29-11-3-2-4-12-29)17-30(13-14-34-26)25(32)20-5-7-21(27)8-6-20/h5-10,15H,2-4,11-14,16-18H2,1H3/t26-/m1/s1. The number of aryl methyl sites for hydroxylation is 1. The molecular formula is C26H30Cl2N2O4. The normalized spacial score (nSPS) is 20.8. The molecule has 182 valence electrons. The fraction of sp³-hybridized carbons (Fsp3) is 0.462. The Balaban J connectivity index is 1.53. The molecule has 1 atom stereocenters. The third-order valence-electron chi connectivity index (χ3n) is 6.44. The summed E-state index contributed by atoms with van der Waals surface area (Å²) in [6.45, 7) is 4.63. The third-order valence-corrected chi connectivity index (χ3v) is 7.12. The van der Waals surface area contributed by atoms with Crippen molar-refractivity contribution >= 4 is 35.0 Å². The molecule has 8 heteroatoms. The molecule has 6 nitrogen and oxygen atoms in total. The van der Waals surface area contributed by atoms with Crippen LogP contribution in [-0.2, 0) is 9.53 Å². The average molecular weight is 505 g/mol. The molecule has 0 unspecified atom stereocenters. The molecule has 0 aromatic heterocycles. The first-order chi connectivity index (χ1) is 16.3. The summed E-state index contributed by atoms with van der Waals surface area (Å²) in [7, 11) is 0. The minimum absolute atomic E-state index is 0.0383. The molecule has 2 aliphatic rings. The molecule has 2 aromatic carbocycles. The Kier molecular flexibility index (Phi) is 8.02. The van der Waals surface area contributed by atoms with Gasteiger partial charge in [0, 0.05) is 35.2 Å². The van der Waals surface area contributed by atoms with Crippen molar-refractivity contribution in [1.82, 2.24) is 9.80 Å². The van der Waals surface area contributed by atoms with Crippen LogP contribution in [-0.4, -0.2) is 66.6 Å². The van der Waals surface area contributed by atoms with E-state index in [-0.39, 0.29) is 31.4 Å².